The fraction of sp³-hybridized carbons (Fsp3) is 0.357. The van der Waals surface area contributed by atoms with E-state index in [4.69, 9.17) is 4.74 Å². The van der Waals surface area contributed by atoms with E-state index in [0.717, 1.165) is 18.1 Å². The molecule has 0 aliphatic rings. The smallest absolute Gasteiger partial charge is 0.122 e. The zero-order valence-electron chi connectivity index (χ0n) is 11.1. The van der Waals surface area contributed by atoms with E-state index in [2.05, 4.69) is 29.4 Å². The molecule has 96 valence electrons. The van der Waals surface area contributed by atoms with Gasteiger partial charge in [0, 0.05) is 25.5 Å². The van der Waals surface area contributed by atoms with Gasteiger partial charge in [0.1, 0.15) is 11.6 Å². The third-order valence-electron chi connectivity index (χ3n) is 3.08. The van der Waals surface area contributed by atoms with E-state index in [0.29, 0.717) is 0 Å². The van der Waals surface area contributed by atoms with Gasteiger partial charge in [-0.25, -0.2) is 4.98 Å². The Hall–Kier alpha value is -1.81. The van der Waals surface area contributed by atoms with Gasteiger partial charge in [0.05, 0.1) is 13.7 Å². The number of aryl methyl sites for hydroxylation is 1. The van der Waals surface area contributed by atoms with Crippen molar-refractivity contribution in [3.8, 4) is 5.75 Å². The molecule has 2 aromatic rings. The number of hydrogen-bond acceptors (Lipinski definition) is 3. The number of ether oxygens (including phenoxy) is 1. The lowest BCUT2D eigenvalue weighted by Gasteiger charge is -2.15. The van der Waals surface area contributed by atoms with Crippen LogP contribution in [0.2, 0.25) is 0 Å². The summed E-state index contributed by atoms with van der Waals surface area (Å²) in [6.07, 6.45) is 3.76. The molecule has 0 bridgehead atoms. The standard InChI is InChI=1S/C14H19N3O/c1-11(12-5-4-6-13(9-12)18-3)16-10-14-15-7-8-17(14)2/h4-9,11,16H,10H2,1-3H3/t11-/m0/s1. The van der Waals surface area contributed by atoms with Gasteiger partial charge >= 0.3 is 0 Å². The number of aromatic nitrogens is 2. The van der Waals surface area contributed by atoms with Crippen molar-refractivity contribution in [2.24, 2.45) is 7.05 Å². The summed E-state index contributed by atoms with van der Waals surface area (Å²) in [5, 5.41) is 3.45. The lowest BCUT2D eigenvalue weighted by molar-refractivity contribution is 0.413. The molecular formula is C14H19N3O. The van der Waals surface area contributed by atoms with Crippen LogP contribution in [-0.4, -0.2) is 16.7 Å². The van der Waals surface area contributed by atoms with E-state index in [9.17, 15) is 0 Å². The van der Waals surface area contributed by atoms with Gasteiger partial charge in [-0.2, -0.15) is 0 Å². The highest BCUT2D eigenvalue weighted by atomic mass is 16.5. The Labute approximate surface area is 108 Å². The van der Waals surface area contributed by atoms with Crippen LogP contribution in [0.15, 0.2) is 36.7 Å². The van der Waals surface area contributed by atoms with Crippen molar-refractivity contribution in [2.75, 3.05) is 7.11 Å². The van der Waals surface area contributed by atoms with E-state index in [-0.39, 0.29) is 6.04 Å². The molecule has 0 fully saturated rings. The van der Waals surface area contributed by atoms with Gasteiger partial charge < -0.3 is 14.6 Å². The van der Waals surface area contributed by atoms with Crippen molar-refractivity contribution in [1.82, 2.24) is 14.9 Å². The molecule has 18 heavy (non-hydrogen) atoms. The van der Waals surface area contributed by atoms with Crippen LogP contribution in [0.5, 0.6) is 5.75 Å². The summed E-state index contributed by atoms with van der Waals surface area (Å²) in [5.74, 6) is 1.92. The largest absolute Gasteiger partial charge is 0.497 e. The van der Waals surface area contributed by atoms with E-state index in [1.54, 1.807) is 7.11 Å². The Morgan fingerprint density at radius 3 is 2.94 bits per heavy atom. The first-order chi connectivity index (χ1) is 8.70. The molecule has 0 spiro atoms. The van der Waals surface area contributed by atoms with E-state index < -0.39 is 0 Å². The summed E-state index contributed by atoms with van der Waals surface area (Å²) in [6, 6.07) is 8.37. The molecule has 4 heteroatoms. The molecule has 1 heterocycles. The van der Waals surface area contributed by atoms with Crippen molar-refractivity contribution < 1.29 is 4.74 Å². The predicted molar refractivity (Wildman–Crippen MR) is 71.5 cm³/mol. The molecule has 1 aromatic heterocycles. The van der Waals surface area contributed by atoms with E-state index >= 15 is 0 Å². The highest BCUT2D eigenvalue weighted by Gasteiger charge is 2.07. The van der Waals surface area contributed by atoms with Crippen LogP contribution in [0.25, 0.3) is 0 Å². The fourth-order valence-corrected chi connectivity index (χ4v) is 1.84. The molecule has 0 saturated carbocycles. The average molecular weight is 245 g/mol. The number of rotatable bonds is 5. The summed E-state index contributed by atoms with van der Waals surface area (Å²) < 4.78 is 7.25. The molecule has 1 atom stereocenters. The zero-order chi connectivity index (χ0) is 13.0. The summed E-state index contributed by atoms with van der Waals surface area (Å²) in [5.41, 5.74) is 1.21. The van der Waals surface area contributed by atoms with Gasteiger partial charge in [-0.05, 0) is 24.6 Å². The maximum atomic E-state index is 5.23. The summed E-state index contributed by atoms with van der Waals surface area (Å²) in [4.78, 5) is 4.29. The predicted octanol–water partition coefficient (Wildman–Crippen LogP) is 2.28. The third-order valence-corrected chi connectivity index (χ3v) is 3.08. The molecule has 0 aliphatic carbocycles. The van der Waals surface area contributed by atoms with Crippen LogP contribution in [0, 0.1) is 0 Å². The Morgan fingerprint density at radius 1 is 1.44 bits per heavy atom. The van der Waals surface area contributed by atoms with Crippen LogP contribution >= 0.6 is 0 Å². The number of nitrogens with zero attached hydrogens (tertiary/aromatic N) is 2. The normalized spacial score (nSPS) is 12.4. The van der Waals surface area contributed by atoms with Crippen LogP contribution < -0.4 is 10.1 Å². The minimum atomic E-state index is 0.261. The van der Waals surface area contributed by atoms with Gasteiger partial charge in [-0.1, -0.05) is 12.1 Å². The second kappa shape index (κ2) is 5.69. The van der Waals surface area contributed by atoms with E-state index in [1.165, 1.54) is 5.56 Å². The monoisotopic (exact) mass is 245 g/mol. The van der Waals surface area contributed by atoms with E-state index in [1.807, 2.05) is 36.1 Å². The first-order valence-corrected chi connectivity index (χ1v) is 6.04. The van der Waals surface area contributed by atoms with Crippen LogP contribution in [0.3, 0.4) is 0 Å². The van der Waals surface area contributed by atoms with Crippen LogP contribution in [0.1, 0.15) is 24.4 Å². The Balaban J connectivity index is 1.99. The Bertz CT molecular complexity index is 507. The minimum Gasteiger partial charge on any atom is -0.497 e. The number of hydrogen-bond donors (Lipinski definition) is 1. The number of imidazole rings is 1. The molecule has 0 radical (unpaired) electrons. The first-order valence-electron chi connectivity index (χ1n) is 6.04. The van der Waals surface area contributed by atoms with Gasteiger partial charge in [0.15, 0.2) is 0 Å². The van der Waals surface area contributed by atoms with Gasteiger partial charge in [-0.3, -0.25) is 0 Å². The first kappa shape index (κ1) is 12.6. The molecule has 1 aromatic carbocycles. The van der Waals surface area contributed by atoms with Gasteiger partial charge in [0.2, 0.25) is 0 Å². The summed E-state index contributed by atoms with van der Waals surface area (Å²) in [6.45, 7) is 2.89. The quantitative estimate of drug-likeness (QED) is 0.878. The number of benzene rings is 1. The number of nitrogens with one attached hydrogen (secondary N) is 1. The minimum absolute atomic E-state index is 0.261. The highest BCUT2D eigenvalue weighted by molar-refractivity contribution is 5.30. The molecule has 0 saturated heterocycles. The lowest BCUT2D eigenvalue weighted by Crippen LogP contribution is -2.20. The molecule has 0 aliphatic heterocycles. The molecule has 1 N–H and O–H groups in total. The van der Waals surface area contributed by atoms with Crippen molar-refractivity contribution in [2.45, 2.75) is 19.5 Å². The van der Waals surface area contributed by atoms with Crippen molar-refractivity contribution in [3.05, 3.63) is 48.0 Å². The Kier molecular flexibility index (Phi) is 3.99. The highest BCUT2D eigenvalue weighted by Crippen LogP contribution is 2.18. The SMILES string of the molecule is COc1cccc([C@H](C)NCc2nccn2C)c1. The van der Waals surface area contributed by atoms with Crippen molar-refractivity contribution in [3.63, 3.8) is 0 Å². The maximum absolute atomic E-state index is 5.23. The molecule has 0 unspecified atom stereocenters. The molecular weight excluding hydrogens is 226 g/mol. The Morgan fingerprint density at radius 2 is 2.28 bits per heavy atom. The average Bonchev–Trinajstić information content (AvgIpc) is 2.81. The van der Waals surface area contributed by atoms with Gasteiger partial charge in [-0.15, -0.1) is 0 Å². The molecule has 4 nitrogen and oxygen atoms in total. The molecule has 2 rings (SSSR count). The fourth-order valence-electron chi connectivity index (χ4n) is 1.84. The van der Waals surface area contributed by atoms with Crippen LogP contribution in [0.4, 0.5) is 0 Å². The zero-order valence-corrected chi connectivity index (χ0v) is 11.1. The summed E-state index contributed by atoms with van der Waals surface area (Å²) >= 11 is 0. The lowest BCUT2D eigenvalue weighted by atomic mass is 10.1. The van der Waals surface area contributed by atoms with Gasteiger partial charge in [0.25, 0.3) is 0 Å². The summed E-state index contributed by atoms with van der Waals surface area (Å²) in [7, 11) is 3.69. The second-order valence-corrected chi connectivity index (χ2v) is 4.33. The van der Waals surface area contributed by atoms with Crippen molar-refractivity contribution in [1.29, 1.82) is 0 Å². The number of methoxy groups -OCH3 is 1. The topological polar surface area (TPSA) is 39.1 Å². The third kappa shape index (κ3) is 2.90. The second-order valence-electron chi connectivity index (χ2n) is 4.33. The molecule has 0 amide bonds. The van der Waals surface area contributed by atoms with Crippen molar-refractivity contribution >= 4 is 0 Å². The van der Waals surface area contributed by atoms with Crippen LogP contribution in [-0.2, 0) is 13.6 Å². The maximum Gasteiger partial charge on any atom is 0.122 e.